The average molecular weight is 1270 g/mol. The van der Waals surface area contributed by atoms with Crippen molar-refractivity contribution < 1.29 is 89.4 Å². The van der Waals surface area contributed by atoms with E-state index in [1.54, 1.807) is 6.08 Å². The maximum atomic E-state index is 13.4. The van der Waals surface area contributed by atoms with E-state index in [0.717, 1.165) is 57.8 Å². The normalized spacial score (nSPS) is 28.5. The van der Waals surface area contributed by atoms with Crippen LogP contribution < -0.4 is 5.32 Å². The van der Waals surface area contributed by atoms with E-state index in [-0.39, 0.29) is 18.9 Å². The Labute approximate surface area is 535 Å². The SMILES string of the molecule is CCCCCCCC/C=C\CCCCCCCCCCCC(=O)NC(COC1OC(CO)C(OC2OC(CO)C(OC3OC(CO)C(O)C(O)C3O)C(O)C2O)C(O)C1O)C(O)/C=C/CC/C=C/CC/C=C/CCCCCCCCCCCCCCCCC. The second-order valence-corrected chi connectivity index (χ2v) is 25.3. The molecule has 12 N–H and O–H groups in total. The Bertz CT molecular complexity index is 1800. The molecule has 3 heterocycles. The summed E-state index contributed by atoms with van der Waals surface area (Å²) in [5, 5.41) is 120. The first-order valence-corrected chi connectivity index (χ1v) is 35.4. The van der Waals surface area contributed by atoms with Crippen molar-refractivity contribution in [1.82, 2.24) is 5.32 Å². The van der Waals surface area contributed by atoms with E-state index in [9.17, 15) is 61.0 Å². The third kappa shape index (κ3) is 34.1. The van der Waals surface area contributed by atoms with Gasteiger partial charge in [0.1, 0.15) is 73.2 Å². The Morgan fingerprint density at radius 1 is 0.393 bits per heavy atom. The van der Waals surface area contributed by atoms with Crippen molar-refractivity contribution in [3.8, 4) is 0 Å². The van der Waals surface area contributed by atoms with Crippen LogP contribution in [0.3, 0.4) is 0 Å². The molecule has 17 unspecified atom stereocenters. The van der Waals surface area contributed by atoms with E-state index in [1.807, 2.05) is 6.08 Å². The van der Waals surface area contributed by atoms with Crippen molar-refractivity contribution in [2.45, 2.75) is 362 Å². The molecule has 520 valence electrons. The van der Waals surface area contributed by atoms with Crippen LogP contribution in [0.1, 0.15) is 258 Å². The highest BCUT2D eigenvalue weighted by Gasteiger charge is 2.53. The summed E-state index contributed by atoms with van der Waals surface area (Å²) >= 11 is 0. The average Bonchev–Trinajstić information content (AvgIpc) is 2.46. The van der Waals surface area contributed by atoms with Crippen molar-refractivity contribution in [3.63, 3.8) is 0 Å². The maximum Gasteiger partial charge on any atom is 0.220 e. The highest BCUT2D eigenvalue weighted by molar-refractivity contribution is 5.76. The molecule has 3 aliphatic heterocycles. The van der Waals surface area contributed by atoms with Crippen LogP contribution in [0.15, 0.2) is 48.6 Å². The summed E-state index contributed by atoms with van der Waals surface area (Å²) in [6.45, 7) is 1.72. The zero-order valence-corrected chi connectivity index (χ0v) is 54.9. The van der Waals surface area contributed by atoms with Gasteiger partial charge in [-0.25, -0.2) is 0 Å². The van der Waals surface area contributed by atoms with Gasteiger partial charge in [-0.15, -0.1) is 0 Å². The summed E-state index contributed by atoms with van der Waals surface area (Å²) in [6, 6.07) is -0.999. The summed E-state index contributed by atoms with van der Waals surface area (Å²) in [7, 11) is 0. The smallest absolute Gasteiger partial charge is 0.220 e. The standard InChI is InChI=1S/C70H127NO18/c1-3-5-7-9-11-13-15-17-19-21-23-24-25-26-27-28-30-31-33-35-37-39-41-43-45-47-54(75)53(71-58(76)48-46-44-42-40-38-36-34-32-29-22-20-18-16-14-12-10-8-6-4-2)52-84-68-64(82)61(79)66(56(50-73)86-68)89-70-65(83)62(80)67(57(51-74)87-70)88-69-63(81)60(78)59(77)55(49-72)85-69/h18,20,30-31,37,39,45,47,53-57,59-70,72-75,77-83H,3-17,19,21-29,32-36,38,40-44,46,48-52H2,1-2H3,(H,71,76)/b20-18-,31-30+,39-37+,47-45+. The molecule has 17 atom stereocenters. The van der Waals surface area contributed by atoms with Gasteiger partial charge in [-0.2, -0.15) is 0 Å². The molecule has 3 saturated heterocycles. The van der Waals surface area contributed by atoms with E-state index in [1.165, 1.54) is 167 Å². The second-order valence-electron chi connectivity index (χ2n) is 25.3. The summed E-state index contributed by atoms with van der Waals surface area (Å²) in [5.74, 6) is -0.291. The first kappa shape index (κ1) is 81.0. The fourth-order valence-corrected chi connectivity index (χ4v) is 11.8. The number of carbonyl (C=O) groups excluding carboxylic acids is 1. The molecule has 19 heteroatoms. The second kappa shape index (κ2) is 52.1. The Morgan fingerprint density at radius 2 is 0.719 bits per heavy atom. The van der Waals surface area contributed by atoms with Gasteiger partial charge in [0, 0.05) is 6.42 Å². The molecule has 19 nitrogen and oxygen atoms in total. The molecule has 89 heavy (non-hydrogen) atoms. The zero-order valence-electron chi connectivity index (χ0n) is 54.9. The predicted molar refractivity (Wildman–Crippen MR) is 346 cm³/mol. The van der Waals surface area contributed by atoms with Crippen LogP contribution >= 0.6 is 0 Å². The van der Waals surface area contributed by atoms with Gasteiger partial charge >= 0.3 is 0 Å². The molecule has 0 aliphatic carbocycles. The topological polar surface area (TPSA) is 307 Å². The van der Waals surface area contributed by atoms with Gasteiger partial charge in [0.25, 0.3) is 0 Å². The van der Waals surface area contributed by atoms with E-state index in [0.29, 0.717) is 12.8 Å². The summed E-state index contributed by atoms with van der Waals surface area (Å²) in [6.07, 6.45) is 35.2. The van der Waals surface area contributed by atoms with Crippen LogP contribution in [0.25, 0.3) is 0 Å². The third-order valence-corrected chi connectivity index (χ3v) is 17.6. The molecule has 1 amide bonds. The number of aliphatic hydroxyl groups excluding tert-OH is 11. The lowest BCUT2D eigenvalue weighted by atomic mass is 9.96. The number of nitrogens with one attached hydrogen (secondary N) is 1. The maximum absolute atomic E-state index is 13.4. The Balaban J connectivity index is 1.46. The van der Waals surface area contributed by atoms with Crippen LogP contribution in [-0.4, -0.2) is 193 Å². The lowest BCUT2D eigenvalue weighted by Crippen LogP contribution is -2.66. The number of allylic oxidation sites excluding steroid dienone is 7. The number of rotatable bonds is 54. The molecular weight excluding hydrogens is 1140 g/mol. The van der Waals surface area contributed by atoms with Gasteiger partial charge in [0.2, 0.25) is 5.91 Å². The number of hydrogen-bond donors (Lipinski definition) is 12. The van der Waals surface area contributed by atoms with Gasteiger partial charge in [-0.05, 0) is 70.6 Å². The van der Waals surface area contributed by atoms with Crippen LogP contribution in [-0.2, 0) is 33.2 Å². The summed E-state index contributed by atoms with van der Waals surface area (Å²) in [5.41, 5.74) is 0. The Hall–Kier alpha value is -2.25. The zero-order chi connectivity index (χ0) is 64.7. The molecular formula is C70H127NO18. The molecule has 0 aromatic rings. The van der Waals surface area contributed by atoms with Crippen LogP contribution in [0.2, 0.25) is 0 Å². The number of carbonyl (C=O) groups is 1. The van der Waals surface area contributed by atoms with Crippen molar-refractivity contribution >= 4 is 5.91 Å². The van der Waals surface area contributed by atoms with Gasteiger partial charge in [0.15, 0.2) is 18.9 Å². The number of amides is 1. The predicted octanol–water partition coefficient (Wildman–Crippen LogP) is 9.39. The Kier molecular flexibility index (Phi) is 47.4. The molecule has 3 aliphatic rings. The minimum absolute atomic E-state index is 0.229. The monoisotopic (exact) mass is 1270 g/mol. The first-order chi connectivity index (χ1) is 43.3. The molecule has 0 aromatic heterocycles. The quantitative estimate of drug-likeness (QED) is 0.0199. The van der Waals surface area contributed by atoms with Crippen molar-refractivity contribution in [2.75, 3.05) is 26.4 Å². The van der Waals surface area contributed by atoms with Gasteiger partial charge < -0.3 is 89.9 Å². The van der Waals surface area contributed by atoms with Crippen molar-refractivity contribution in [1.29, 1.82) is 0 Å². The van der Waals surface area contributed by atoms with Gasteiger partial charge in [-0.1, -0.05) is 229 Å². The van der Waals surface area contributed by atoms with E-state index in [4.69, 9.17) is 28.4 Å². The number of aliphatic hydroxyl groups is 11. The van der Waals surface area contributed by atoms with E-state index in [2.05, 4.69) is 55.6 Å². The molecule has 0 radical (unpaired) electrons. The lowest BCUT2D eigenvalue weighted by Gasteiger charge is -2.48. The molecule has 0 saturated carbocycles. The Morgan fingerprint density at radius 3 is 1.12 bits per heavy atom. The molecule has 0 spiro atoms. The molecule has 0 aromatic carbocycles. The number of ether oxygens (including phenoxy) is 6. The fourth-order valence-electron chi connectivity index (χ4n) is 11.8. The number of hydrogen-bond acceptors (Lipinski definition) is 18. The molecule has 3 rings (SSSR count). The van der Waals surface area contributed by atoms with E-state index >= 15 is 0 Å². The highest BCUT2D eigenvalue weighted by atomic mass is 16.8. The minimum atomic E-state index is -1.98. The van der Waals surface area contributed by atoms with Crippen LogP contribution in [0.5, 0.6) is 0 Å². The van der Waals surface area contributed by atoms with Gasteiger partial charge in [-0.3, -0.25) is 4.79 Å². The molecule has 3 fully saturated rings. The summed E-state index contributed by atoms with van der Waals surface area (Å²) < 4.78 is 34.3. The minimum Gasteiger partial charge on any atom is -0.394 e. The highest BCUT2D eigenvalue weighted by Crippen LogP contribution is 2.33. The number of unbranched alkanes of at least 4 members (excludes halogenated alkanes) is 32. The van der Waals surface area contributed by atoms with Crippen LogP contribution in [0, 0.1) is 0 Å². The van der Waals surface area contributed by atoms with Crippen molar-refractivity contribution in [2.24, 2.45) is 0 Å². The largest absolute Gasteiger partial charge is 0.394 e. The van der Waals surface area contributed by atoms with Gasteiger partial charge in [0.05, 0.1) is 38.6 Å². The first-order valence-electron chi connectivity index (χ1n) is 35.4. The third-order valence-electron chi connectivity index (χ3n) is 17.6. The van der Waals surface area contributed by atoms with Crippen LogP contribution in [0.4, 0.5) is 0 Å². The lowest BCUT2D eigenvalue weighted by molar-refractivity contribution is -0.379. The van der Waals surface area contributed by atoms with E-state index < -0.39 is 124 Å². The van der Waals surface area contributed by atoms with Crippen molar-refractivity contribution in [3.05, 3.63) is 48.6 Å². The fraction of sp³-hybridized carbons (Fsp3) is 0.871. The molecule has 0 bridgehead atoms. The summed E-state index contributed by atoms with van der Waals surface area (Å²) in [4.78, 5) is 13.4.